The Bertz CT molecular complexity index is 597. The molecule has 96 valence electrons. The van der Waals surface area contributed by atoms with Gasteiger partial charge in [-0.25, -0.2) is 0 Å². The second-order valence-electron chi connectivity index (χ2n) is 5.62. The molecule has 0 bridgehead atoms. The van der Waals surface area contributed by atoms with E-state index in [9.17, 15) is 10.2 Å². The third kappa shape index (κ3) is 1.44. The van der Waals surface area contributed by atoms with E-state index < -0.39 is 12.2 Å². The second kappa shape index (κ2) is 3.84. The van der Waals surface area contributed by atoms with Crippen LogP contribution in [0.25, 0.3) is 11.0 Å². The summed E-state index contributed by atoms with van der Waals surface area (Å²) in [6.45, 7) is 6.16. The van der Waals surface area contributed by atoms with Crippen molar-refractivity contribution in [2.75, 3.05) is 0 Å². The molecule has 0 radical (unpaired) electrons. The summed E-state index contributed by atoms with van der Waals surface area (Å²) in [5.74, 6) is 0.218. The zero-order chi connectivity index (χ0) is 13.0. The zero-order valence-electron chi connectivity index (χ0n) is 10.8. The topological polar surface area (TPSA) is 53.6 Å². The standard InChI is InChI=1S/C15H18O3/c1-7(2)12-9-4-8(3)5-11-13(9)10(6-18-11)14(16)15(12)17/h4-7,12,14-17H,1-3H3. The van der Waals surface area contributed by atoms with Crippen molar-refractivity contribution in [1.82, 2.24) is 0 Å². The van der Waals surface area contributed by atoms with Crippen molar-refractivity contribution >= 4 is 11.0 Å². The Morgan fingerprint density at radius 2 is 1.89 bits per heavy atom. The molecule has 3 heteroatoms. The Hall–Kier alpha value is -1.32. The van der Waals surface area contributed by atoms with Crippen molar-refractivity contribution in [1.29, 1.82) is 0 Å². The summed E-state index contributed by atoms with van der Waals surface area (Å²) in [6, 6.07) is 4.07. The summed E-state index contributed by atoms with van der Waals surface area (Å²) in [7, 11) is 0. The molecule has 3 unspecified atom stereocenters. The van der Waals surface area contributed by atoms with E-state index in [4.69, 9.17) is 4.42 Å². The van der Waals surface area contributed by atoms with Crippen LogP contribution in [0.1, 0.15) is 42.6 Å². The monoisotopic (exact) mass is 246 g/mol. The van der Waals surface area contributed by atoms with E-state index in [0.29, 0.717) is 5.56 Å². The summed E-state index contributed by atoms with van der Waals surface area (Å²) in [5, 5.41) is 21.5. The Morgan fingerprint density at radius 1 is 1.17 bits per heavy atom. The van der Waals surface area contributed by atoms with Crippen LogP contribution < -0.4 is 0 Å². The summed E-state index contributed by atoms with van der Waals surface area (Å²) in [5.41, 5.74) is 3.73. The zero-order valence-corrected chi connectivity index (χ0v) is 10.8. The molecule has 0 saturated carbocycles. The SMILES string of the molecule is Cc1cc2c3c(coc3c1)C(O)C(O)C2C(C)C. The average molecular weight is 246 g/mol. The predicted molar refractivity (Wildman–Crippen MR) is 69.5 cm³/mol. The van der Waals surface area contributed by atoms with Gasteiger partial charge >= 0.3 is 0 Å². The number of aryl methyl sites for hydroxylation is 1. The summed E-state index contributed by atoms with van der Waals surface area (Å²) in [4.78, 5) is 0. The fourth-order valence-corrected chi connectivity index (χ4v) is 3.17. The van der Waals surface area contributed by atoms with Crippen LogP contribution in [-0.4, -0.2) is 16.3 Å². The van der Waals surface area contributed by atoms with Crippen molar-refractivity contribution in [3.63, 3.8) is 0 Å². The summed E-state index contributed by atoms with van der Waals surface area (Å²) >= 11 is 0. The first-order valence-corrected chi connectivity index (χ1v) is 6.38. The van der Waals surface area contributed by atoms with E-state index in [0.717, 1.165) is 22.1 Å². The van der Waals surface area contributed by atoms with E-state index >= 15 is 0 Å². The molecule has 1 heterocycles. The molecule has 1 aliphatic carbocycles. The van der Waals surface area contributed by atoms with Gasteiger partial charge in [-0.15, -0.1) is 0 Å². The number of benzene rings is 1. The molecule has 0 spiro atoms. The van der Waals surface area contributed by atoms with Crippen LogP contribution in [0.5, 0.6) is 0 Å². The minimum Gasteiger partial charge on any atom is -0.464 e. The van der Waals surface area contributed by atoms with Crippen molar-refractivity contribution in [3.05, 3.63) is 35.1 Å². The normalized spacial score (nSPS) is 27.1. The van der Waals surface area contributed by atoms with Gasteiger partial charge in [0.25, 0.3) is 0 Å². The lowest BCUT2D eigenvalue weighted by molar-refractivity contribution is -0.0110. The number of hydrogen-bond donors (Lipinski definition) is 2. The molecular weight excluding hydrogens is 228 g/mol. The maximum atomic E-state index is 10.3. The molecule has 2 N–H and O–H groups in total. The summed E-state index contributed by atoms with van der Waals surface area (Å²) in [6.07, 6.45) is -0.0492. The van der Waals surface area contributed by atoms with E-state index in [1.165, 1.54) is 0 Å². The average Bonchev–Trinajstić information content (AvgIpc) is 2.69. The highest BCUT2D eigenvalue weighted by Gasteiger charge is 2.39. The molecule has 0 aliphatic heterocycles. The van der Waals surface area contributed by atoms with Gasteiger partial charge in [0.15, 0.2) is 0 Å². The highest BCUT2D eigenvalue weighted by Crippen LogP contribution is 2.46. The Balaban J connectivity index is 2.35. The van der Waals surface area contributed by atoms with Crippen LogP contribution in [0.3, 0.4) is 0 Å². The largest absolute Gasteiger partial charge is 0.464 e. The van der Waals surface area contributed by atoms with Crippen molar-refractivity contribution in [2.45, 2.75) is 38.9 Å². The Kier molecular flexibility index (Phi) is 2.50. The van der Waals surface area contributed by atoms with Crippen LogP contribution in [0.4, 0.5) is 0 Å². The highest BCUT2D eigenvalue weighted by molar-refractivity contribution is 5.87. The molecule has 2 aromatic rings. The lowest BCUT2D eigenvalue weighted by Gasteiger charge is -2.34. The van der Waals surface area contributed by atoms with Gasteiger partial charge in [-0.2, -0.15) is 0 Å². The predicted octanol–water partition coefficient (Wildman–Crippen LogP) is 2.89. The smallest absolute Gasteiger partial charge is 0.134 e. The minimum absolute atomic E-state index is 0.0486. The molecule has 0 saturated heterocycles. The first-order valence-electron chi connectivity index (χ1n) is 6.38. The third-order valence-corrected chi connectivity index (χ3v) is 3.97. The van der Waals surface area contributed by atoms with Crippen LogP contribution in [0, 0.1) is 12.8 Å². The maximum absolute atomic E-state index is 10.3. The molecule has 1 aromatic carbocycles. The molecule has 3 nitrogen and oxygen atoms in total. The number of aliphatic hydroxyl groups is 2. The van der Waals surface area contributed by atoms with Crippen LogP contribution in [0.15, 0.2) is 22.8 Å². The first kappa shape index (κ1) is 11.8. The van der Waals surface area contributed by atoms with Gasteiger partial charge in [0, 0.05) is 16.9 Å². The van der Waals surface area contributed by atoms with E-state index in [2.05, 4.69) is 19.9 Å². The molecule has 3 atom stereocenters. The third-order valence-electron chi connectivity index (χ3n) is 3.97. The minimum atomic E-state index is -0.853. The van der Waals surface area contributed by atoms with Gasteiger partial charge in [-0.1, -0.05) is 19.9 Å². The molecule has 0 amide bonds. The lowest BCUT2D eigenvalue weighted by Crippen LogP contribution is -2.32. The molecule has 3 rings (SSSR count). The van der Waals surface area contributed by atoms with Gasteiger partial charge in [0.2, 0.25) is 0 Å². The van der Waals surface area contributed by atoms with E-state index in [1.54, 1.807) is 6.26 Å². The fraction of sp³-hybridized carbons (Fsp3) is 0.467. The molecule has 18 heavy (non-hydrogen) atoms. The van der Waals surface area contributed by atoms with Crippen molar-refractivity contribution in [3.8, 4) is 0 Å². The van der Waals surface area contributed by atoms with Gasteiger partial charge in [0.1, 0.15) is 11.7 Å². The second-order valence-corrected chi connectivity index (χ2v) is 5.62. The van der Waals surface area contributed by atoms with Crippen LogP contribution in [-0.2, 0) is 0 Å². The highest BCUT2D eigenvalue weighted by atomic mass is 16.3. The van der Waals surface area contributed by atoms with Crippen molar-refractivity contribution < 1.29 is 14.6 Å². The molecular formula is C15H18O3. The summed E-state index contributed by atoms with van der Waals surface area (Å²) < 4.78 is 5.52. The Labute approximate surface area is 106 Å². The number of rotatable bonds is 1. The fourth-order valence-electron chi connectivity index (χ4n) is 3.17. The number of furan rings is 1. The van der Waals surface area contributed by atoms with Gasteiger partial charge in [-0.3, -0.25) is 0 Å². The number of aliphatic hydroxyl groups excluding tert-OH is 2. The molecule has 0 fully saturated rings. The van der Waals surface area contributed by atoms with E-state index in [1.807, 2.05) is 13.0 Å². The quantitative estimate of drug-likeness (QED) is 0.813. The first-order chi connectivity index (χ1) is 8.50. The maximum Gasteiger partial charge on any atom is 0.134 e. The lowest BCUT2D eigenvalue weighted by atomic mass is 9.74. The van der Waals surface area contributed by atoms with Crippen molar-refractivity contribution in [2.24, 2.45) is 5.92 Å². The van der Waals surface area contributed by atoms with Crippen LogP contribution >= 0.6 is 0 Å². The van der Waals surface area contributed by atoms with E-state index in [-0.39, 0.29) is 11.8 Å². The van der Waals surface area contributed by atoms with Gasteiger partial charge < -0.3 is 14.6 Å². The Morgan fingerprint density at radius 3 is 2.56 bits per heavy atom. The van der Waals surface area contributed by atoms with Gasteiger partial charge in [-0.05, 0) is 30.0 Å². The molecule has 1 aliphatic rings. The molecule has 1 aromatic heterocycles. The van der Waals surface area contributed by atoms with Crippen LogP contribution in [0.2, 0.25) is 0 Å². The number of hydrogen-bond acceptors (Lipinski definition) is 3. The van der Waals surface area contributed by atoms with Gasteiger partial charge in [0.05, 0.1) is 12.4 Å².